The number of carbonyl (C=O) groups is 2. The van der Waals surface area contributed by atoms with Crippen LogP contribution in [0.1, 0.15) is 10.4 Å². The molecule has 0 aliphatic rings. The molecule has 0 saturated carbocycles. The van der Waals surface area contributed by atoms with Gasteiger partial charge in [0.05, 0.1) is 27.1 Å². The van der Waals surface area contributed by atoms with E-state index in [-0.39, 0.29) is 26.7 Å². The van der Waals surface area contributed by atoms with Crippen molar-refractivity contribution in [2.24, 2.45) is 4.99 Å². The number of esters is 1. The van der Waals surface area contributed by atoms with Crippen LogP contribution in [-0.4, -0.2) is 65.0 Å². The largest absolute Gasteiger partial charge is 0.468 e. The van der Waals surface area contributed by atoms with Crippen LogP contribution in [0, 0.1) is 0 Å². The molecule has 33 heavy (non-hydrogen) atoms. The highest BCUT2D eigenvalue weighted by molar-refractivity contribution is 7.90. The van der Waals surface area contributed by atoms with Crippen LogP contribution in [0.25, 0.3) is 10.2 Å². The Hall–Kier alpha value is -2.87. The van der Waals surface area contributed by atoms with Gasteiger partial charge in [-0.15, -0.1) is 0 Å². The number of hydrogen-bond donors (Lipinski definition) is 0. The van der Waals surface area contributed by atoms with E-state index in [1.165, 1.54) is 68.2 Å². The number of nitrogens with zero attached hydrogens (tertiary/aromatic N) is 3. The summed E-state index contributed by atoms with van der Waals surface area (Å²) in [7, 11) is -3.07. The van der Waals surface area contributed by atoms with E-state index in [2.05, 4.69) is 4.99 Å². The topological polar surface area (TPSA) is 132 Å². The highest BCUT2D eigenvalue weighted by Crippen LogP contribution is 2.22. The number of methoxy groups -OCH3 is 1. The average Bonchev–Trinajstić information content (AvgIpc) is 3.09. The maximum Gasteiger partial charge on any atom is 0.325 e. The minimum absolute atomic E-state index is 0.0278. The molecular weight excluding hydrogens is 490 g/mol. The summed E-state index contributed by atoms with van der Waals surface area (Å²) < 4.78 is 56.0. The lowest BCUT2D eigenvalue weighted by molar-refractivity contribution is -0.141. The Morgan fingerprint density at radius 3 is 2.18 bits per heavy atom. The standard InChI is InChI=1S/C20H21N3O7S3/c1-22(2)33(28,29)14-7-5-13(6-8-14)19(25)21-20-23(12-18(24)30-3)16-10-9-15(32(4,26)27)11-17(16)31-20/h5-11H,12H2,1-4H3. The summed E-state index contributed by atoms with van der Waals surface area (Å²) in [5.41, 5.74) is 0.656. The van der Waals surface area contributed by atoms with Crippen molar-refractivity contribution in [3.8, 4) is 0 Å². The zero-order valence-electron chi connectivity index (χ0n) is 18.2. The number of amides is 1. The lowest BCUT2D eigenvalue weighted by atomic mass is 10.2. The van der Waals surface area contributed by atoms with Crippen molar-refractivity contribution in [2.75, 3.05) is 27.5 Å². The molecule has 0 bridgehead atoms. The van der Waals surface area contributed by atoms with Crippen LogP contribution in [0.2, 0.25) is 0 Å². The zero-order valence-corrected chi connectivity index (χ0v) is 20.6. The number of rotatable bonds is 6. The molecule has 176 valence electrons. The van der Waals surface area contributed by atoms with Crippen molar-refractivity contribution < 1.29 is 31.2 Å². The predicted molar refractivity (Wildman–Crippen MR) is 122 cm³/mol. The Balaban J connectivity index is 2.10. The predicted octanol–water partition coefficient (Wildman–Crippen LogP) is 1.27. The number of aromatic nitrogens is 1. The van der Waals surface area contributed by atoms with Gasteiger partial charge in [-0.3, -0.25) is 9.59 Å². The van der Waals surface area contributed by atoms with Gasteiger partial charge in [-0.2, -0.15) is 4.99 Å². The molecule has 0 atom stereocenters. The molecule has 0 spiro atoms. The summed E-state index contributed by atoms with van der Waals surface area (Å²) in [6.07, 6.45) is 1.08. The Morgan fingerprint density at radius 1 is 1.03 bits per heavy atom. The molecule has 13 heteroatoms. The van der Waals surface area contributed by atoms with Crippen LogP contribution >= 0.6 is 11.3 Å². The maximum absolute atomic E-state index is 12.8. The minimum Gasteiger partial charge on any atom is -0.468 e. The first-order chi connectivity index (χ1) is 15.3. The van der Waals surface area contributed by atoms with Crippen molar-refractivity contribution in [3.05, 3.63) is 52.8 Å². The molecule has 0 aliphatic heterocycles. The smallest absolute Gasteiger partial charge is 0.325 e. The van der Waals surface area contributed by atoms with Crippen LogP contribution in [0.3, 0.4) is 0 Å². The summed E-state index contributed by atoms with van der Waals surface area (Å²) in [4.78, 5) is 29.1. The number of sulfonamides is 1. The van der Waals surface area contributed by atoms with Crippen molar-refractivity contribution in [3.63, 3.8) is 0 Å². The van der Waals surface area contributed by atoms with Gasteiger partial charge in [-0.05, 0) is 42.5 Å². The molecule has 3 aromatic rings. The fourth-order valence-corrected chi connectivity index (χ4v) is 5.54. The van der Waals surface area contributed by atoms with Gasteiger partial charge < -0.3 is 9.30 Å². The van der Waals surface area contributed by atoms with Gasteiger partial charge in [0.15, 0.2) is 14.6 Å². The van der Waals surface area contributed by atoms with Crippen molar-refractivity contribution in [1.29, 1.82) is 0 Å². The number of ether oxygens (including phenoxy) is 1. The molecule has 2 aromatic carbocycles. The van der Waals surface area contributed by atoms with E-state index in [9.17, 15) is 26.4 Å². The lowest BCUT2D eigenvalue weighted by Crippen LogP contribution is -2.23. The van der Waals surface area contributed by atoms with E-state index < -0.39 is 31.7 Å². The highest BCUT2D eigenvalue weighted by atomic mass is 32.2. The van der Waals surface area contributed by atoms with Crippen LogP contribution < -0.4 is 4.80 Å². The molecule has 1 heterocycles. The monoisotopic (exact) mass is 511 g/mol. The number of hydrogen-bond acceptors (Lipinski definition) is 8. The van der Waals surface area contributed by atoms with E-state index in [1.807, 2.05) is 0 Å². The summed E-state index contributed by atoms with van der Waals surface area (Å²) in [5, 5.41) is 0. The Morgan fingerprint density at radius 2 is 1.64 bits per heavy atom. The Labute approximate surface area is 194 Å². The molecule has 0 N–H and O–H groups in total. The zero-order chi connectivity index (χ0) is 24.6. The van der Waals surface area contributed by atoms with Crippen LogP contribution in [0.5, 0.6) is 0 Å². The average molecular weight is 512 g/mol. The Bertz CT molecular complexity index is 1520. The maximum atomic E-state index is 12.8. The molecule has 1 aromatic heterocycles. The second-order valence-corrected chi connectivity index (χ2v) is 12.4. The van der Waals surface area contributed by atoms with Crippen LogP contribution in [0.15, 0.2) is 57.2 Å². The van der Waals surface area contributed by atoms with Crippen molar-refractivity contribution in [1.82, 2.24) is 8.87 Å². The fourth-order valence-electron chi connectivity index (χ4n) is 2.85. The van der Waals surface area contributed by atoms with Gasteiger partial charge in [0.1, 0.15) is 6.54 Å². The summed E-state index contributed by atoms with van der Waals surface area (Å²) in [5.74, 6) is -1.23. The highest BCUT2D eigenvalue weighted by Gasteiger charge is 2.18. The molecule has 3 rings (SSSR count). The van der Waals surface area contributed by atoms with Gasteiger partial charge in [-0.1, -0.05) is 11.3 Å². The Kier molecular flexibility index (Phi) is 6.88. The minimum atomic E-state index is -3.65. The third-order valence-electron chi connectivity index (χ3n) is 4.67. The van der Waals surface area contributed by atoms with Gasteiger partial charge in [0.25, 0.3) is 5.91 Å². The van der Waals surface area contributed by atoms with Gasteiger partial charge in [0, 0.05) is 25.9 Å². The SMILES string of the molecule is COC(=O)Cn1c(=NC(=O)c2ccc(S(=O)(=O)N(C)C)cc2)sc2cc(S(C)(=O)=O)ccc21. The third-order valence-corrected chi connectivity index (χ3v) is 8.65. The molecule has 1 amide bonds. The number of fused-ring (bicyclic) bond motifs is 1. The second-order valence-electron chi connectivity index (χ2n) is 7.18. The summed E-state index contributed by atoms with van der Waals surface area (Å²) >= 11 is 1.04. The van der Waals surface area contributed by atoms with Crippen LogP contribution in [-0.2, 0) is 35.9 Å². The third kappa shape index (κ3) is 5.21. The fraction of sp³-hybridized carbons (Fsp3) is 0.250. The molecule has 0 radical (unpaired) electrons. The van der Waals surface area contributed by atoms with E-state index in [1.54, 1.807) is 0 Å². The van der Waals surface area contributed by atoms with Crippen molar-refractivity contribution >= 4 is 53.3 Å². The number of carbonyl (C=O) groups excluding carboxylic acids is 2. The van der Waals surface area contributed by atoms with Crippen molar-refractivity contribution in [2.45, 2.75) is 16.3 Å². The normalized spacial score (nSPS) is 12.9. The molecule has 10 nitrogen and oxygen atoms in total. The first kappa shape index (κ1) is 24.8. The van der Waals surface area contributed by atoms with E-state index in [0.29, 0.717) is 10.2 Å². The molecule has 0 unspecified atom stereocenters. The van der Waals surface area contributed by atoms with E-state index in [0.717, 1.165) is 21.9 Å². The first-order valence-corrected chi connectivity index (χ1v) is 13.5. The van der Waals surface area contributed by atoms with Gasteiger partial charge >= 0.3 is 5.97 Å². The number of thiazole rings is 1. The first-order valence-electron chi connectivity index (χ1n) is 9.36. The molecule has 0 fully saturated rings. The van der Waals surface area contributed by atoms with E-state index in [4.69, 9.17) is 4.74 Å². The summed E-state index contributed by atoms with van der Waals surface area (Å²) in [6, 6.07) is 9.72. The van der Waals surface area contributed by atoms with Crippen LogP contribution in [0.4, 0.5) is 0 Å². The van der Waals surface area contributed by atoms with Gasteiger partial charge in [-0.25, -0.2) is 21.1 Å². The molecular formula is C20H21N3O7S3. The summed E-state index contributed by atoms with van der Waals surface area (Å²) in [6.45, 7) is -0.235. The lowest BCUT2D eigenvalue weighted by Gasteiger charge is -2.11. The number of benzene rings is 2. The molecule has 0 saturated heterocycles. The quantitative estimate of drug-likeness (QED) is 0.455. The molecule has 0 aliphatic carbocycles. The van der Waals surface area contributed by atoms with Gasteiger partial charge in [0.2, 0.25) is 10.0 Å². The number of sulfone groups is 1. The second kappa shape index (κ2) is 9.17. The van der Waals surface area contributed by atoms with E-state index >= 15 is 0 Å².